The van der Waals surface area contributed by atoms with Gasteiger partial charge in [-0.3, -0.25) is 0 Å². The van der Waals surface area contributed by atoms with E-state index in [1.54, 1.807) is 0 Å². The number of carboxylic acid groups (broad SMARTS) is 2. The molecule has 1 aliphatic rings. The molecule has 0 spiro atoms. The third-order valence-corrected chi connectivity index (χ3v) is 4.36. The van der Waals surface area contributed by atoms with E-state index in [1.807, 2.05) is 0 Å². The second kappa shape index (κ2) is 9.46. The van der Waals surface area contributed by atoms with E-state index >= 15 is 0 Å². The number of alkyl halides is 3. The Morgan fingerprint density at radius 1 is 1.24 bits per heavy atom. The fraction of sp³-hybridized carbons (Fsp3) is 0.368. The molecule has 0 aliphatic carbocycles. The number of benzene rings is 1. The highest BCUT2D eigenvalue weighted by Crippen LogP contribution is 2.39. The zero-order chi connectivity index (χ0) is 21.6. The average Bonchev–Trinajstić information content (AvgIpc) is 3.15. The lowest BCUT2D eigenvalue weighted by atomic mass is 10.1. The van der Waals surface area contributed by atoms with E-state index in [0.717, 1.165) is 37.8 Å². The van der Waals surface area contributed by atoms with Crippen molar-refractivity contribution in [2.45, 2.75) is 25.6 Å². The topological polar surface area (TPSA) is 103 Å². The van der Waals surface area contributed by atoms with Gasteiger partial charge in [0.05, 0.1) is 17.5 Å². The Labute approximate surface area is 164 Å². The fourth-order valence-corrected chi connectivity index (χ4v) is 3.00. The van der Waals surface area contributed by atoms with Gasteiger partial charge in [-0.2, -0.15) is 13.2 Å². The van der Waals surface area contributed by atoms with Gasteiger partial charge < -0.3 is 24.8 Å². The second-order valence-corrected chi connectivity index (χ2v) is 6.31. The van der Waals surface area contributed by atoms with Crippen molar-refractivity contribution in [3.05, 3.63) is 42.2 Å². The van der Waals surface area contributed by atoms with Crippen LogP contribution in [0.1, 0.15) is 18.9 Å². The number of carboxylic acids is 2. The fourth-order valence-electron chi connectivity index (χ4n) is 3.00. The van der Waals surface area contributed by atoms with Crippen LogP contribution in [0.4, 0.5) is 18.9 Å². The van der Waals surface area contributed by atoms with Gasteiger partial charge in [0.25, 0.3) is 0 Å². The lowest BCUT2D eigenvalue weighted by Gasteiger charge is -2.35. The quantitative estimate of drug-likeness (QED) is 0.660. The summed E-state index contributed by atoms with van der Waals surface area (Å²) in [5, 5.41) is 19.1. The SMILES string of the molecule is CC[C@H]1CN(c2ccc(C(F)(F)F)c3ccoc23)CCN1.O=C(O)C=CC(=O)O. The number of piperazine rings is 1. The molecule has 0 amide bonds. The highest BCUT2D eigenvalue weighted by Gasteiger charge is 2.34. The van der Waals surface area contributed by atoms with Crippen LogP contribution in [-0.2, 0) is 15.8 Å². The van der Waals surface area contributed by atoms with Gasteiger partial charge in [-0.05, 0) is 24.6 Å². The van der Waals surface area contributed by atoms with E-state index in [2.05, 4.69) is 17.1 Å². The van der Waals surface area contributed by atoms with Crippen LogP contribution in [0.3, 0.4) is 0 Å². The summed E-state index contributed by atoms with van der Waals surface area (Å²) in [4.78, 5) is 21.2. The Hall–Kier alpha value is -3.01. The Morgan fingerprint density at radius 3 is 2.45 bits per heavy atom. The molecule has 2 aromatic rings. The Morgan fingerprint density at radius 2 is 1.90 bits per heavy atom. The number of hydrogen-bond donors (Lipinski definition) is 3. The molecule has 1 saturated heterocycles. The maximum absolute atomic E-state index is 13.0. The molecule has 10 heteroatoms. The molecule has 1 fully saturated rings. The maximum atomic E-state index is 13.0. The number of furan rings is 1. The normalized spacial score (nSPS) is 17.2. The van der Waals surface area contributed by atoms with Gasteiger partial charge in [0.2, 0.25) is 0 Å². The number of aliphatic carboxylic acids is 2. The van der Waals surface area contributed by atoms with Crippen molar-refractivity contribution in [3.63, 3.8) is 0 Å². The molecule has 1 atom stereocenters. The number of nitrogens with zero attached hydrogens (tertiary/aromatic N) is 1. The summed E-state index contributed by atoms with van der Waals surface area (Å²) in [5.74, 6) is -2.51. The number of fused-ring (bicyclic) bond motifs is 1. The van der Waals surface area contributed by atoms with Crippen LogP contribution in [0.25, 0.3) is 11.0 Å². The smallest absolute Gasteiger partial charge is 0.417 e. The van der Waals surface area contributed by atoms with Crippen LogP contribution >= 0.6 is 0 Å². The molecule has 0 bridgehead atoms. The van der Waals surface area contributed by atoms with Crippen LogP contribution in [-0.4, -0.2) is 47.8 Å². The third kappa shape index (κ3) is 5.98. The van der Waals surface area contributed by atoms with Gasteiger partial charge in [0, 0.05) is 43.2 Å². The standard InChI is InChI=1S/C15H17F3N2O.C4H4O4/c1-2-10-9-20(7-6-19-10)13-4-3-12(15(16,17)18)11-5-8-21-14(11)13;5-3(6)1-2-4(7)8/h3-5,8,10,19H,2,6-7,9H2,1H3;1-2H,(H,5,6)(H,7,8)/t10-;/m0./s1. The lowest BCUT2D eigenvalue weighted by Crippen LogP contribution is -2.50. The van der Waals surface area contributed by atoms with Gasteiger partial charge in [-0.1, -0.05) is 6.92 Å². The van der Waals surface area contributed by atoms with E-state index in [4.69, 9.17) is 14.6 Å². The van der Waals surface area contributed by atoms with Crippen LogP contribution in [0.2, 0.25) is 0 Å². The zero-order valence-corrected chi connectivity index (χ0v) is 15.6. The molecule has 1 aliphatic heterocycles. The summed E-state index contributed by atoms with van der Waals surface area (Å²) in [6.07, 6.45) is -0.942. The molecule has 0 radical (unpaired) electrons. The highest BCUT2D eigenvalue weighted by atomic mass is 19.4. The molecule has 3 N–H and O–H groups in total. The van der Waals surface area contributed by atoms with Gasteiger partial charge in [0.15, 0.2) is 5.58 Å². The van der Waals surface area contributed by atoms with Crippen LogP contribution in [0, 0.1) is 0 Å². The minimum atomic E-state index is -4.37. The first-order valence-electron chi connectivity index (χ1n) is 8.83. The second-order valence-electron chi connectivity index (χ2n) is 6.31. The Bertz CT molecular complexity index is 876. The van der Waals surface area contributed by atoms with E-state index in [1.165, 1.54) is 18.4 Å². The van der Waals surface area contributed by atoms with E-state index in [0.29, 0.717) is 23.8 Å². The van der Waals surface area contributed by atoms with Crippen molar-refractivity contribution >= 4 is 28.6 Å². The lowest BCUT2D eigenvalue weighted by molar-refractivity contribution is -0.136. The summed E-state index contributed by atoms with van der Waals surface area (Å²) < 4.78 is 44.4. The molecule has 29 heavy (non-hydrogen) atoms. The molecule has 158 valence electrons. The third-order valence-electron chi connectivity index (χ3n) is 4.36. The highest BCUT2D eigenvalue weighted by molar-refractivity contribution is 5.92. The summed E-state index contributed by atoms with van der Waals surface area (Å²) in [5.41, 5.74) is 0.418. The number of nitrogens with one attached hydrogen (secondary N) is 1. The summed E-state index contributed by atoms with van der Waals surface area (Å²) in [7, 11) is 0. The Kier molecular flexibility index (Phi) is 7.27. The summed E-state index contributed by atoms with van der Waals surface area (Å²) >= 11 is 0. The molecule has 7 nitrogen and oxygen atoms in total. The van der Waals surface area contributed by atoms with E-state index in [9.17, 15) is 22.8 Å². The minimum absolute atomic E-state index is 0.131. The van der Waals surface area contributed by atoms with Crippen molar-refractivity contribution in [3.8, 4) is 0 Å². The van der Waals surface area contributed by atoms with Crippen molar-refractivity contribution in [2.75, 3.05) is 24.5 Å². The molecule has 0 saturated carbocycles. The average molecular weight is 414 g/mol. The zero-order valence-electron chi connectivity index (χ0n) is 15.6. The van der Waals surface area contributed by atoms with Gasteiger partial charge in [-0.15, -0.1) is 0 Å². The van der Waals surface area contributed by atoms with E-state index in [-0.39, 0.29) is 5.39 Å². The monoisotopic (exact) mass is 414 g/mol. The maximum Gasteiger partial charge on any atom is 0.417 e. The predicted molar refractivity (Wildman–Crippen MR) is 99.9 cm³/mol. The molecule has 1 aromatic carbocycles. The first kappa shape index (κ1) is 22.3. The largest absolute Gasteiger partial charge is 0.478 e. The van der Waals surface area contributed by atoms with Crippen molar-refractivity contribution in [1.29, 1.82) is 0 Å². The molecular weight excluding hydrogens is 393 g/mol. The number of anilines is 1. The number of halogens is 3. The van der Waals surface area contributed by atoms with Crippen molar-refractivity contribution < 1.29 is 37.4 Å². The van der Waals surface area contributed by atoms with E-state index < -0.39 is 23.7 Å². The van der Waals surface area contributed by atoms with Gasteiger partial charge in [-0.25, -0.2) is 9.59 Å². The summed E-state index contributed by atoms with van der Waals surface area (Å²) in [6.45, 7) is 4.45. The van der Waals surface area contributed by atoms with Crippen molar-refractivity contribution in [2.24, 2.45) is 0 Å². The van der Waals surface area contributed by atoms with Gasteiger partial charge in [0.1, 0.15) is 0 Å². The van der Waals surface area contributed by atoms with Gasteiger partial charge >= 0.3 is 18.1 Å². The molecule has 2 heterocycles. The molecule has 0 unspecified atom stereocenters. The first-order chi connectivity index (χ1) is 13.6. The number of carbonyl (C=O) groups is 2. The molecule has 3 rings (SSSR count). The molecular formula is C19H21F3N2O5. The predicted octanol–water partition coefficient (Wildman–Crippen LogP) is 3.35. The summed E-state index contributed by atoms with van der Waals surface area (Å²) in [6, 6.07) is 4.41. The Balaban J connectivity index is 0.000000321. The number of hydrogen-bond acceptors (Lipinski definition) is 5. The minimum Gasteiger partial charge on any atom is -0.478 e. The van der Waals surface area contributed by atoms with Crippen LogP contribution < -0.4 is 10.2 Å². The number of rotatable bonds is 4. The van der Waals surface area contributed by atoms with Crippen LogP contribution in [0.5, 0.6) is 0 Å². The first-order valence-corrected chi connectivity index (χ1v) is 8.83. The van der Waals surface area contributed by atoms with Crippen molar-refractivity contribution in [1.82, 2.24) is 5.32 Å². The van der Waals surface area contributed by atoms with Crippen LogP contribution in [0.15, 0.2) is 41.0 Å². The molecule has 1 aromatic heterocycles.